The first-order valence-electron chi connectivity index (χ1n) is 5.08. The number of aryl methyl sites for hydroxylation is 1. The van der Waals surface area contributed by atoms with Crippen molar-refractivity contribution in [1.29, 1.82) is 0 Å². The molecule has 1 aromatic rings. The van der Waals surface area contributed by atoms with Gasteiger partial charge in [-0.2, -0.15) is 5.10 Å². The van der Waals surface area contributed by atoms with Gasteiger partial charge in [-0.1, -0.05) is 18.5 Å². The Labute approximate surface area is 93.8 Å². The van der Waals surface area contributed by atoms with Gasteiger partial charge >= 0.3 is 0 Å². The zero-order chi connectivity index (χ0) is 11.0. The van der Waals surface area contributed by atoms with Crippen LogP contribution in [0.5, 0.6) is 0 Å². The Hall–Kier alpha value is -0.580. The van der Waals surface area contributed by atoms with E-state index < -0.39 is 6.10 Å². The molecule has 0 spiro atoms. The summed E-state index contributed by atoms with van der Waals surface area (Å²) in [4.78, 5) is 0. The average Bonchev–Trinajstić information content (AvgIpc) is 2.73. The summed E-state index contributed by atoms with van der Waals surface area (Å²) in [5.74, 6) is 0.353. The minimum Gasteiger partial charge on any atom is -0.384 e. The summed E-state index contributed by atoms with van der Waals surface area (Å²) in [5, 5.41) is 14.7. The summed E-state index contributed by atoms with van der Waals surface area (Å²) in [6.07, 6.45) is 1.66. The van der Waals surface area contributed by atoms with Crippen LogP contribution in [0.4, 0.5) is 0 Å². The minimum absolute atomic E-state index is 0.169. The molecule has 3 unspecified atom stereocenters. The van der Waals surface area contributed by atoms with E-state index in [-0.39, 0.29) is 6.10 Å². The highest BCUT2D eigenvalue weighted by atomic mass is 35.5. The maximum atomic E-state index is 10.2. The molecule has 0 amide bonds. The number of ether oxygens (including phenoxy) is 1. The predicted molar refractivity (Wildman–Crippen MR) is 56.7 cm³/mol. The number of hydrogen-bond donors (Lipinski definition) is 1. The third-order valence-electron chi connectivity index (χ3n) is 2.97. The Bertz CT molecular complexity index is 334. The highest BCUT2D eigenvalue weighted by molar-refractivity contribution is 6.31. The maximum Gasteiger partial charge on any atom is 0.123 e. The van der Waals surface area contributed by atoms with Gasteiger partial charge in [0.2, 0.25) is 0 Å². The lowest BCUT2D eigenvalue weighted by Crippen LogP contribution is -2.25. The highest BCUT2D eigenvalue weighted by Crippen LogP contribution is 2.33. The summed E-state index contributed by atoms with van der Waals surface area (Å²) in [6, 6.07) is 0. The van der Waals surface area contributed by atoms with Crippen LogP contribution in [-0.4, -0.2) is 27.6 Å². The van der Waals surface area contributed by atoms with Gasteiger partial charge < -0.3 is 9.84 Å². The zero-order valence-corrected chi connectivity index (χ0v) is 9.61. The molecule has 1 aromatic heterocycles. The number of aliphatic hydroxyl groups is 1. The largest absolute Gasteiger partial charge is 0.384 e. The number of hydrogen-bond acceptors (Lipinski definition) is 3. The van der Waals surface area contributed by atoms with Gasteiger partial charge in [-0.25, -0.2) is 0 Å². The molecule has 1 saturated heterocycles. The summed E-state index contributed by atoms with van der Waals surface area (Å²) in [6.45, 7) is 2.78. The molecular weight excluding hydrogens is 216 g/mol. The molecule has 0 aromatic carbocycles. The van der Waals surface area contributed by atoms with E-state index in [1.165, 1.54) is 0 Å². The van der Waals surface area contributed by atoms with Crippen molar-refractivity contribution in [2.24, 2.45) is 13.0 Å². The molecule has 0 radical (unpaired) electrons. The number of halogens is 1. The molecule has 4 nitrogen and oxygen atoms in total. The van der Waals surface area contributed by atoms with Crippen LogP contribution in [0.25, 0.3) is 0 Å². The Balaban J connectivity index is 2.23. The lowest BCUT2D eigenvalue weighted by molar-refractivity contribution is -0.0214. The van der Waals surface area contributed by atoms with E-state index in [1.807, 2.05) is 0 Å². The van der Waals surface area contributed by atoms with Crippen LogP contribution in [0.1, 0.15) is 25.1 Å². The van der Waals surface area contributed by atoms with E-state index >= 15 is 0 Å². The first-order chi connectivity index (χ1) is 7.11. The van der Waals surface area contributed by atoms with Crippen molar-refractivity contribution in [3.05, 3.63) is 16.9 Å². The van der Waals surface area contributed by atoms with E-state index in [0.717, 1.165) is 6.42 Å². The van der Waals surface area contributed by atoms with Crippen molar-refractivity contribution in [2.45, 2.75) is 25.6 Å². The number of rotatable bonds is 2. The van der Waals surface area contributed by atoms with E-state index in [4.69, 9.17) is 16.3 Å². The Morgan fingerprint density at radius 1 is 1.73 bits per heavy atom. The van der Waals surface area contributed by atoms with Crippen molar-refractivity contribution < 1.29 is 9.84 Å². The van der Waals surface area contributed by atoms with Crippen molar-refractivity contribution in [3.8, 4) is 0 Å². The Morgan fingerprint density at radius 3 is 2.93 bits per heavy atom. The molecule has 15 heavy (non-hydrogen) atoms. The van der Waals surface area contributed by atoms with Crippen molar-refractivity contribution in [1.82, 2.24) is 9.78 Å². The minimum atomic E-state index is -0.692. The molecule has 2 rings (SSSR count). The molecule has 3 atom stereocenters. The van der Waals surface area contributed by atoms with Gasteiger partial charge in [-0.05, 0) is 12.3 Å². The van der Waals surface area contributed by atoms with E-state index in [2.05, 4.69) is 12.0 Å². The van der Waals surface area contributed by atoms with Crippen LogP contribution in [0.15, 0.2) is 6.20 Å². The van der Waals surface area contributed by atoms with Gasteiger partial charge in [-0.15, -0.1) is 0 Å². The lowest BCUT2D eigenvalue weighted by atomic mass is 9.97. The van der Waals surface area contributed by atoms with Gasteiger partial charge in [0.25, 0.3) is 0 Å². The first-order valence-corrected chi connectivity index (χ1v) is 5.46. The monoisotopic (exact) mass is 230 g/mol. The quantitative estimate of drug-likeness (QED) is 0.838. The molecule has 1 fully saturated rings. The summed E-state index contributed by atoms with van der Waals surface area (Å²) in [7, 11) is 1.77. The fourth-order valence-electron chi connectivity index (χ4n) is 2.03. The molecule has 5 heteroatoms. The van der Waals surface area contributed by atoms with Crippen LogP contribution in [0.2, 0.25) is 5.02 Å². The molecule has 1 N–H and O–H groups in total. The molecule has 0 bridgehead atoms. The zero-order valence-electron chi connectivity index (χ0n) is 8.85. The topological polar surface area (TPSA) is 47.3 Å². The second-order valence-electron chi connectivity index (χ2n) is 4.05. The maximum absolute atomic E-state index is 10.2. The highest BCUT2D eigenvalue weighted by Gasteiger charge is 2.34. The van der Waals surface area contributed by atoms with Crippen molar-refractivity contribution >= 4 is 11.6 Å². The normalized spacial score (nSPS) is 28.3. The van der Waals surface area contributed by atoms with Crippen molar-refractivity contribution in [3.63, 3.8) is 0 Å². The average molecular weight is 231 g/mol. The fourth-order valence-corrected chi connectivity index (χ4v) is 2.31. The molecule has 2 heterocycles. The fraction of sp³-hybridized carbons (Fsp3) is 0.700. The van der Waals surface area contributed by atoms with Crippen LogP contribution < -0.4 is 0 Å². The second kappa shape index (κ2) is 4.12. The van der Waals surface area contributed by atoms with E-state index in [1.54, 1.807) is 17.9 Å². The molecule has 84 valence electrons. The van der Waals surface area contributed by atoms with Gasteiger partial charge in [0.05, 0.1) is 23.0 Å². The standard InChI is InChI=1S/C10H15ClN2O2/c1-6-3-4-15-10(6)9(14)8-7(11)5-12-13(8)2/h5-6,9-10,14H,3-4H2,1-2H3. The molecule has 0 aliphatic carbocycles. The van der Waals surface area contributed by atoms with Gasteiger partial charge in [-0.3, -0.25) is 4.68 Å². The smallest absolute Gasteiger partial charge is 0.123 e. The lowest BCUT2D eigenvalue weighted by Gasteiger charge is -2.21. The summed E-state index contributed by atoms with van der Waals surface area (Å²) >= 11 is 5.97. The van der Waals surface area contributed by atoms with Crippen LogP contribution in [-0.2, 0) is 11.8 Å². The Kier molecular flexibility index (Phi) is 3.00. The van der Waals surface area contributed by atoms with Crippen LogP contribution in [0.3, 0.4) is 0 Å². The number of nitrogens with zero attached hydrogens (tertiary/aromatic N) is 2. The van der Waals surface area contributed by atoms with E-state index in [9.17, 15) is 5.11 Å². The second-order valence-corrected chi connectivity index (χ2v) is 4.45. The van der Waals surface area contributed by atoms with Crippen LogP contribution in [0, 0.1) is 5.92 Å². The predicted octanol–water partition coefficient (Wildman–Crippen LogP) is 1.53. The third-order valence-corrected chi connectivity index (χ3v) is 3.26. The molecule has 1 aliphatic rings. The summed E-state index contributed by atoms with van der Waals surface area (Å²) in [5.41, 5.74) is 0.635. The number of aromatic nitrogens is 2. The van der Waals surface area contributed by atoms with Gasteiger partial charge in [0.1, 0.15) is 6.10 Å². The molecule has 1 aliphatic heterocycles. The third kappa shape index (κ3) is 1.89. The summed E-state index contributed by atoms with van der Waals surface area (Å²) < 4.78 is 7.11. The van der Waals surface area contributed by atoms with Crippen LogP contribution >= 0.6 is 11.6 Å². The number of aliphatic hydroxyl groups excluding tert-OH is 1. The van der Waals surface area contributed by atoms with Gasteiger partial charge in [0, 0.05) is 13.7 Å². The first kappa shape index (κ1) is 10.9. The Morgan fingerprint density at radius 2 is 2.47 bits per heavy atom. The van der Waals surface area contributed by atoms with E-state index in [0.29, 0.717) is 23.2 Å². The SMILES string of the molecule is CC1CCOC1C(O)c1c(Cl)cnn1C. The van der Waals surface area contributed by atoms with Crippen molar-refractivity contribution in [2.75, 3.05) is 6.61 Å². The molecular formula is C10H15ClN2O2. The van der Waals surface area contributed by atoms with Gasteiger partial charge in [0.15, 0.2) is 0 Å². The molecule has 0 saturated carbocycles.